The first-order chi connectivity index (χ1) is 7.53. The molecular weight excluding hydrogens is 228 g/mol. The van der Waals surface area contributed by atoms with E-state index in [-0.39, 0.29) is 0 Å². The Balaban J connectivity index is 2.80. The van der Waals surface area contributed by atoms with Crippen molar-refractivity contribution in [3.8, 4) is 0 Å². The quantitative estimate of drug-likeness (QED) is 0.729. The maximum atomic E-state index is 5.35. The van der Waals surface area contributed by atoms with Crippen molar-refractivity contribution in [1.29, 1.82) is 0 Å². The van der Waals surface area contributed by atoms with E-state index >= 15 is 0 Å². The molecule has 0 aromatic heterocycles. The lowest BCUT2D eigenvalue weighted by atomic mass is 10.4. The van der Waals surface area contributed by atoms with Crippen LogP contribution in [0.4, 0.5) is 0 Å². The molecule has 0 aliphatic heterocycles. The van der Waals surface area contributed by atoms with E-state index in [1.807, 2.05) is 0 Å². The minimum absolute atomic E-state index is 0.894. The molecule has 0 amide bonds. The molecule has 0 bridgehead atoms. The fourth-order valence-corrected chi connectivity index (χ4v) is 6.39. The van der Waals surface area contributed by atoms with Gasteiger partial charge in [0.25, 0.3) is 0 Å². The van der Waals surface area contributed by atoms with E-state index in [0.29, 0.717) is 0 Å². The predicted octanol–water partition coefficient (Wildman–Crippen LogP) is 2.28. The number of ether oxygens (including phenoxy) is 1. The highest BCUT2D eigenvalue weighted by atomic mass is 28.3. The third-order valence-electron chi connectivity index (χ3n) is 2.40. The van der Waals surface area contributed by atoms with E-state index in [1.165, 1.54) is 5.19 Å². The van der Waals surface area contributed by atoms with Crippen molar-refractivity contribution < 1.29 is 4.74 Å². The minimum Gasteiger partial charge on any atom is -0.388 e. The van der Waals surface area contributed by atoms with Crippen LogP contribution in [0.3, 0.4) is 0 Å². The molecule has 1 atom stereocenters. The molecule has 0 fully saturated rings. The normalized spacial score (nSPS) is 14.2. The molecule has 1 aromatic rings. The SMILES string of the molecule is COC[SiH](C=C[Si](C)(C)C)c1ccccc1. The first kappa shape index (κ1) is 13.4. The minimum atomic E-state index is -1.08. The topological polar surface area (TPSA) is 9.23 Å². The third kappa shape index (κ3) is 4.92. The Morgan fingerprint density at radius 2 is 1.81 bits per heavy atom. The summed E-state index contributed by atoms with van der Waals surface area (Å²) in [4.78, 5) is 0. The molecule has 0 spiro atoms. The second-order valence-electron chi connectivity index (χ2n) is 5.20. The molecule has 0 heterocycles. The lowest BCUT2D eigenvalue weighted by Crippen LogP contribution is -2.34. The van der Waals surface area contributed by atoms with Crippen molar-refractivity contribution >= 4 is 22.1 Å². The summed E-state index contributed by atoms with van der Waals surface area (Å²) in [6.45, 7) is 7.10. The number of hydrogen-bond donors (Lipinski definition) is 0. The van der Waals surface area contributed by atoms with Gasteiger partial charge in [-0.25, -0.2) is 0 Å². The van der Waals surface area contributed by atoms with Crippen LogP contribution < -0.4 is 5.19 Å². The van der Waals surface area contributed by atoms with Crippen LogP contribution >= 0.6 is 0 Å². The first-order valence-electron chi connectivity index (χ1n) is 5.76. The van der Waals surface area contributed by atoms with Gasteiger partial charge in [-0.05, 0) is 0 Å². The number of benzene rings is 1. The number of methoxy groups -OCH3 is 1. The average molecular weight is 250 g/mol. The molecule has 0 radical (unpaired) electrons. The summed E-state index contributed by atoms with van der Waals surface area (Å²) in [5.41, 5.74) is 4.90. The van der Waals surface area contributed by atoms with Crippen LogP contribution in [0.1, 0.15) is 0 Å². The van der Waals surface area contributed by atoms with E-state index in [9.17, 15) is 0 Å². The van der Waals surface area contributed by atoms with Crippen LogP contribution in [0, 0.1) is 0 Å². The second kappa shape index (κ2) is 6.18. The summed E-state index contributed by atoms with van der Waals surface area (Å²) in [5, 5.41) is 1.47. The van der Waals surface area contributed by atoms with Crippen LogP contribution in [0.25, 0.3) is 0 Å². The maximum Gasteiger partial charge on any atom is 0.122 e. The number of hydrogen-bond acceptors (Lipinski definition) is 1. The van der Waals surface area contributed by atoms with Crippen LogP contribution in [-0.4, -0.2) is 30.2 Å². The van der Waals surface area contributed by atoms with Gasteiger partial charge in [0.1, 0.15) is 8.80 Å². The second-order valence-corrected chi connectivity index (χ2v) is 12.9. The van der Waals surface area contributed by atoms with Gasteiger partial charge in [-0.3, -0.25) is 0 Å². The highest BCUT2D eigenvalue weighted by Crippen LogP contribution is 2.03. The molecule has 0 aliphatic carbocycles. The Morgan fingerprint density at radius 1 is 1.19 bits per heavy atom. The van der Waals surface area contributed by atoms with Gasteiger partial charge in [0.2, 0.25) is 0 Å². The molecule has 0 aliphatic rings. The van der Waals surface area contributed by atoms with Crippen LogP contribution in [0.2, 0.25) is 19.6 Å². The van der Waals surface area contributed by atoms with Crippen LogP contribution in [0.15, 0.2) is 41.7 Å². The van der Waals surface area contributed by atoms with Gasteiger partial charge in [-0.15, -0.1) is 5.70 Å². The summed E-state index contributed by atoms with van der Waals surface area (Å²) in [6, 6.07) is 10.8. The van der Waals surface area contributed by atoms with Crippen LogP contribution in [-0.2, 0) is 4.74 Å². The zero-order valence-corrected chi connectivity index (χ0v) is 12.9. The van der Waals surface area contributed by atoms with Gasteiger partial charge >= 0.3 is 0 Å². The molecule has 0 saturated heterocycles. The maximum absolute atomic E-state index is 5.35. The molecule has 0 saturated carbocycles. The van der Waals surface area contributed by atoms with Crippen molar-refractivity contribution in [1.82, 2.24) is 0 Å². The van der Waals surface area contributed by atoms with E-state index in [0.717, 1.165) is 6.23 Å². The molecule has 3 heteroatoms. The van der Waals surface area contributed by atoms with E-state index in [1.54, 1.807) is 7.11 Å². The fourth-order valence-electron chi connectivity index (χ4n) is 1.55. The van der Waals surface area contributed by atoms with Crippen molar-refractivity contribution in [2.45, 2.75) is 19.6 Å². The molecule has 88 valence electrons. The summed E-state index contributed by atoms with van der Waals surface area (Å²) in [5.74, 6) is 0. The van der Waals surface area contributed by atoms with E-state index < -0.39 is 16.9 Å². The Bertz CT molecular complexity index is 328. The van der Waals surface area contributed by atoms with Crippen LogP contribution in [0.5, 0.6) is 0 Å². The zero-order chi connectivity index (χ0) is 12.0. The molecule has 0 N–H and O–H groups in total. The molecule has 1 nitrogen and oxygen atoms in total. The number of rotatable bonds is 5. The summed E-state index contributed by atoms with van der Waals surface area (Å²) in [7, 11) is -0.346. The van der Waals surface area contributed by atoms with Gasteiger partial charge in [0.05, 0.1) is 8.07 Å². The van der Waals surface area contributed by atoms with Crippen molar-refractivity contribution in [2.24, 2.45) is 0 Å². The highest BCUT2D eigenvalue weighted by Gasteiger charge is 2.12. The molecule has 1 aromatic carbocycles. The lowest BCUT2D eigenvalue weighted by Gasteiger charge is -2.14. The largest absolute Gasteiger partial charge is 0.388 e. The Labute approximate surface area is 102 Å². The average Bonchev–Trinajstić information content (AvgIpc) is 2.24. The van der Waals surface area contributed by atoms with Gasteiger partial charge in [0.15, 0.2) is 0 Å². The van der Waals surface area contributed by atoms with Crippen molar-refractivity contribution in [3.63, 3.8) is 0 Å². The fraction of sp³-hybridized carbons (Fsp3) is 0.385. The molecule has 1 rings (SSSR count). The highest BCUT2D eigenvalue weighted by molar-refractivity contribution is 6.84. The third-order valence-corrected chi connectivity index (χ3v) is 6.57. The van der Waals surface area contributed by atoms with Gasteiger partial charge in [-0.1, -0.05) is 60.9 Å². The summed E-state index contributed by atoms with van der Waals surface area (Å²) < 4.78 is 5.35. The Morgan fingerprint density at radius 3 is 2.31 bits per heavy atom. The zero-order valence-electron chi connectivity index (χ0n) is 10.7. The Kier molecular flexibility index (Phi) is 5.18. The molecule has 16 heavy (non-hydrogen) atoms. The standard InChI is InChI=1S/C13H22OSi2/c1-14-12-15(10-11-16(2,3)4)13-8-6-5-7-9-13/h5-11,15H,12H2,1-4H3. The molecular formula is C13H22OSi2. The molecule has 1 unspecified atom stereocenters. The monoisotopic (exact) mass is 250 g/mol. The lowest BCUT2D eigenvalue weighted by molar-refractivity contribution is 0.251. The first-order valence-corrected chi connectivity index (χ1v) is 11.4. The van der Waals surface area contributed by atoms with Gasteiger partial charge < -0.3 is 4.74 Å². The Hall–Kier alpha value is -0.646. The predicted molar refractivity (Wildman–Crippen MR) is 77.6 cm³/mol. The summed E-state index contributed by atoms with van der Waals surface area (Å²) in [6.07, 6.45) is 0.894. The van der Waals surface area contributed by atoms with E-state index in [4.69, 9.17) is 4.74 Å². The van der Waals surface area contributed by atoms with Crippen molar-refractivity contribution in [2.75, 3.05) is 13.3 Å². The van der Waals surface area contributed by atoms with E-state index in [2.05, 4.69) is 61.4 Å². The van der Waals surface area contributed by atoms with Gasteiger partial charge in [-0.2, -0.15) is 0 Å². The van der Waals surface area contributed by atoms with Crippen molar-refractivity contribution in [3.05, 3.63) is 41.7 Å². The summed E-state index contributed by atoms with van der Waals surface area (Å²) >= 11 is 0. The smallest absolute Gasteiger partial charge is 0.122 e. The van der Waals surface area contributed by atoms with Gasteiger partial charge in [0, 0.05) is 13.3 Å².